The second kappa shape index (κ2) is 5.59. The lowest BCUT2D eigenvalue weighted by Gasteiger charge is -2.22. The molecule has 1 aromatic heterocycles. The van der Waals surface area contributed by atoms with Crippen molar-refractivity contribution in [1.29, 1.82) is 0 Å². The highest BCUT2D eigenvalue weighted by Gasteiger charge is 2.26. The highest BCUT2D eigenvalue weighted by Crippen LogP contribution is 2.39. The van der Waals surface area contributed by atoms with Gasteiger partial charge in [-0.2, -0.15) is 0 Å². The van der Waals surface area contributed by atoms with Gasteiger partial charge < -0.3 is 14.4 Å². The topological polar surface area (TPSA) is 36.6 Å². The Balaban J connectivity index is 1.93. The second-order valence-corrected chi connectivity index (χ2v) is 6.66. The van der Waals surface area contributed by atoms with Crippen LogP contribution in [0.15, 0.2) is 47.1 Å². The number of rotatable bonds is 1. The number of phenols is 1. The van der Waals surface area contributed by atoms with Crippen LogP contribution in [-0.4, -0.2) is 30.1 Å². The third kappa shape index (κ3) is 2.50. The number of hydrogen-bond acceptors (Lipinski definition) is 3. The number of phenolic OH excluding ortho intramolecular Hbond substituents is 1. The van der Waals surface area contributed by atoms with Crippen molar-refractivity contribution in [2.75, 3.05) is 20.1 Å². The van der Waals surface area contributed by atoms with Crippen LogP contribution in [0, 0.1) is 0 Å². The molecule has 0 saturated heterocycles. The molecule has 4 heteroatoms. The Morgan fingerprint density at radius 1 is 1.22 bits per heavy atom. The summed E-state index contributed by atoms with van der Waals surface area (Å²) < 4.78 is 5.74. The van der Waals surface area contributed by atoms with Gasteiger partial charge in [0.05, 0.1) is 11.3 Å². The summed E-state index contributed by atoms with van der Waals surface area (Å²) in [5.74, 6) is 0.294. The molecule has 1 aliphatic rings. The largest absolute Gasteiger partial charge is 0.506 e. The van der Waals surface area contributed by atoms with E-state index in [0.29, 0.717) is 5.02 Å². The predicted octanol–water partition coefficient (Wildman–Crippen LogP) is 4.41. The first-order chi connectivity index (χ1) is 11.1. The number of hydrogen-bond donors (Lipinski definition) is 1. The molecule has 0 radical (unpaired) electrons. The lowest BCUT2D eigenvalue weighted by atomic mass is 9.87. The van der Waals surface area contributed by atoms with E-state index in [1.54, 1.807) is 6.26 Å². The number of furan rings is 1. The van der Waals surface area contributed by atoms with Crippen molar-refractivity contribution in [1.82, 2.24) is 4.90 Å². The molecule has 3 aromatic rings. The molecule has 118 valence electrons. The van der Waals surface area contributed by atoms with Crippen molar-refractivity contribution in [3.05, 3.63) is 64.4 Å². The first-order valence-corrected chi connectivity index (χ1v) is 8.17. The number of benzene rings is 2. The summed E-state index contributed by atoms with van der Waals surface area (Å²) in [5.41, 5.74) is 4.42. The van der Waals surface area contributed by atoms with E-state index in [2.05, 4.69) is 30.1 Å². The van der Waals surface area contributed by atoms with Gasteiger partial charge in [-0.25, -0.2) is 0 Å². The molecule has 2 heterocycles. The summed E-state index contributed by atoms with van der Waals surface area (Å²) in [6.45, 7) is 1.85. The Morgan fingerprint density at radius 2 is 2.09 bits per heavy atom. The van der Waals surface area contributed by atoms with Crippen LogP contribution in [0.2, 0.25) is 5.02 Å². The number of para-hydroxylation sites is 1. The zero-order chi connectivity index (χ0) is 16.0. The van der Waals surface area contributed by atoms with E-state index >= 15 is 0 Å². The zero-order valence-electron chi connectivity index (χ0n) is 12.9. The first kappa shape index (κ1) is 14.6. The number of nitrogens with zero attached hydrogens (tertiary/aromatic N) is 1. The van der Waals surface area contributed by atoms with E-state index < -0.39 is 0 Å². The fraction of sp³-hybridized carbons (Fsp3) is 0.263. The summed E-state index contributed by atoms with van der Waals surface area (Å²) >= 11 is 6.12. The molecule has 3 nitrogen and oxygen atoms in total. The minimum Gasteiger partial charge on any atom is -0.506 e. The molecule has 2 aromatic carbocycles. The van der Waals surface area contributed by atoms with Crippen molar-refractivity contribution in [3.63, 3.8) is 0 Å². The Kier molecular flexibility index (Phi) is 3.55. The van der Waals surface area contributed by atoms with E-state index in [0.717, 1.165) is 41.6 Å². The van der Waals surface area contributed by atoms with Crippen LogP contribution in [0.25, 0.3) is 11.0 Å². The van der Waals surface area contributed by atoms with Gasteiger partial charge in [-0.15, -0.1) is 0 Å². The summed E-state index contributed by atoms with van der Waals surface area (Å²) in [6.07, 6.45) is 2.66. The van der Waals surface area contributed by atoms with Crippen LogP contribution in [0.4, 0.5) is 0 Å². The summed E-state index contributed by atoms with van der Waals surface area (Å²) in [6, 6.07) is 11.9. The monoisotopic (exact) mass is 326 g/mol. The van der Waals surface area contributed by atoms with Crippen molar-refractivity contribution >= 4 is 22.6 Å². The fourth-order valence-electron chi connectivity index (χ4n) is 3.53. The number of likely N-dealkylation sites (N-methyl/N-ethyl adjacent to an activating group) is 1. The summed E-state index contributed by atoms with van der Waals surface area (Å²) in [7, 11) is 2.13. The van der Waals surface area contributed by atoms with E-state index in [1.807, 2.05) is 18.2 Å². The van der Waals surface area contributed by atoms with Gasteiger partial charge in [0.1, 0.15) is 11.3 Å². The van der Waals surface area contributed by atoms with Gasteiger partial charge in [0.25, 0.3) is 0 Å². The van der Waals surface area contributed by atoms with Crippen LogP contribution >= 0.6 is 11.6 Å². The first-order valence-electron chi connectivity index (χ1n) is 7.79. The van der Waals surface area contributed by atoms with Gasteiger partial charge >= 0.3 is 0 Å². The molecule has 23 heavy (non-hydrogen) atoms. The highest BCUT2D eigenvalue weighted by molar-refractivity contribution is 6.32. The van der Waals surface area contributed by atoms with Gasteiger partial charge in [-0.05, 0) is 42.8 Å². The zero-order valence-corrected chi connectivity index (χ0v) is 13.7. The van der Waals surface area contributed by atoms with E-state index in [1.165, 1.54) is 5.56 Å². The van der Waals surface area contributed by atoms with Crippen LogP contribution in [0.3, 0.4) is 0 Å². The highest BCUT2D eigenvalue weighted by atomic mass is 35.5. The van der Waals surface area contributed by atoms with Crippen LogP contribution in [-0.2, 0) is 6.42 Å². The van der Waals surface area contributed by atoms with Crippen LogP contribution < -0.4 is 0 Å². The van der Waals surface area contributed by atoms with Crippen molar-refractivity contribution in [2.45, 2.75) is 12.3 Å². The number of aromatic hydroxyl groups is 1. The van der Waals surface area contributed by atoms with Crippen LogP contribution in [0.1, 0.15) is 22.6 Å². The molecule has 1 aliphatic heterocycles. The molecule has 0 aliphatic carbocycles. The van der Waals surface area contributed by atoms with Crippen molar-refractivity contribution in [2.24, 2.45) is 0 Å². The maximum Gasteiger partial charge on any atom is 0.137 e. The fourth-order valence-corrected chi connectivity index (χ4v) is 3.72. The molecule has 0 fully saturated rings. The smallest absolute Gasteiger partial charge is 0.137 e. The van der Waals surface area contributed by atoms with Gasteiger partial charge in [0, 0.05) is 30.0 Å². The molecule has 1 atom stereocenters. The van der Waals surface area contributed by atoms with Gasteiger partial charge in [0.15, 0.2) is 0 Å². The molecular formula is C19H18ClNO2. The minimum absolute atomic E-state index is 0.145. The summed E-state index contributed by atoms with van der Waals surface area (Å²) in [5, 5.41) is 11.6. The van der Waals surface area contributed by atoms with E-state index in [9.17, 15) is 5.11 Å². The lowest BCUT2D eigenvalue weighted by Crippen LogP contribution is -2.24. The molecular weight excluding hydrogens is 309 g/mol. The quantitative estimate of drug-likeness (QED) is 0.719. The van der Waals surface area contributed by atoms with Gasteiger partial charge in [-0.1, -0.05) is 29.8 Å². The van der Waals surface area contributed by atoms with Gasteiger partial charge in [-0.3, -0.25) is 0 Å². The SMILES string of the molecule is [11CH3]N1CCc2cc(Cl)c(O)cc2[C@@H](c2cccc3ccoc23)C1. The Morgan fingerprint density at radius 3 is 2.96 bits per heavy atom. The molecule has 0 amide bonds. The van der Waals surface area contributed by atoms with E-state index in [-0.39, 0.29) is 11.7 Å². The molecule has 0 spiro atoms. The van der Waals surface area contributed by atoms with E-state index in [4.69, 9.17) is 16.0 Å². The average molecular weight is 327 g/mol. The Labute approximate surface area is 140 Å². The standard InChI is InChI=1S/C19H18ClNO2/c1-21-7-5-13-9-17(20)18(22)10-15(13)16(11-21)14-4-2-3-12-6-8-23-19(12)14/h2-4,6,8-10,16,22H,5,7,11H2,1H3/t16-/m1/s1/i1-1. The molecule has 0 unspecified atom stereocenters. The normalized spacial score (nSPS) is 18.8. The minimum atomic E-state index is 0.145. The molecule has 1 N–H and O–H groups in total. The third-order valence-corrected chi connectivity index (χ3v) is 5.03. The van der Waals surface area contributed by atoms with Crippen molar-refractivity contribution in [3.8, 4) is 5.75 Å². The number of halogens is 1. The molecule has 0 bridgehead atoms. The molecule has 0 saturated carbocycles. The number of fused-ring (bicyclic) bond motifs is 2. The van der Waals surface area contributed by atoms with Crippen LogP contribution in [0.5, 0.6) is 5.75 Å². The molecule has 4 rings (SSSR count). The third-order valence-electron chi connectivity index (χ3n) is 4.73. The van der Waals surface area contributed by atoms with Gasteiger partial charge in [0.2, 0.25) is 0 Å². The average Bonchev–Trinajstić information content (AvgIpc) is 2.96. The lowest BCUT2D eigenvalue weighted by molar-refractivity contribution is 0.337. The maximum atomic E-state index is 10.1. The van der Waals surface area contributed by atoms with Crippen molar-refractivity contribution < 1.29 is 9.52 Å². The Bertz CT molecular complexity index is 871. The Hall–Kier alpha value is -1.97. The second-order valence-electron chi connectivity index (χ2n) is 6.25. The summed E-state index contributed by atoms with van der Waals surface area (Å²) in [4.78, 5) is 2.32. The predicted molar refractivity (Wildman–Crippen MR) is 92.4 cm³/mol. The maximum absolute atomic E-state index is 10.1.